The zero-order valence-corrected chi connectivity index (χ0v) is 6.97. The Morgan fingerprint density at radius 3 is 1.69 bits per heavy atom. The average Bonchev–Trinajstić information content (AvgIpc) is 2.04. The van der Waals surface area contributed by atoms with Crippen molar-refractivity contribution in [1.82, 2.24) is 0 Å². The monoisotopic (exact) mass is 189 g/mol. The summed E-state index contributed by atoms with van der Waals surface area (Å²) in [7, 11) is 0. The van der Waals surface area contributed by atoms with Crippen molar-refractivity contribution < 1.29 is 19.8 Å². The zero-order valence-electron chi connectivity index (χ0n) is 6.97. The van der Waals surface area contributed by atoms with E-state index < -0.39 is 18.0 Å². The maximum Gasteiger partial charge on any atom is 0.303 e. The molecule has 0 aromatic heterocycles. The molecule has 0 heterocycles. The lowest BCUT2D eigenvalue weighted by Gasteiger charge is -2.04. The van der Waals surface area contributed by atoms with Crippen LogP contribution in [0.15, 0.2) is 5.18 Å². The van der Waals surface area contributed by atoms with Crippen LogP contribution < -0.4 is 0 Å². The number of nitroso groups, excluding NO2 is 1. The predicted molar refractivity (Wildman–Crippen MR) is 43.3 cm³/mol. The molecule has 0 radical (unpaired) electrons. The molecule has 0 aliphatic rings. The van der Waals surface area contributed by atoms with Gasteiger partial charge in [-0.05, 0) is 12.8 Å². The Morgan fingerprint density at radius 1 is 1.08 bits per heavy atom. The Kier molecular flexibility index (Phi) is 5.42. The van der Waals surface area contributed by atoms with Crippen molar-refractivity contribution in [3.63, 3.8) is 0 Å². The first kappa shape index (κ1) is 11.5. The molecule has 0 aromatic carbocycles. The highest BCUT2D eigenvalue weighted by Crippen LogP contribution is 2.08. The minimum atomic E-state index is -1.01. The smallest absolute Gasteiger partial charge is 0.303 e. The summed E-state index contributed by atoms with van der Waals surface area (Å²) in [5.41, 5.74) is 0. The summed E-state index contributed by atoms with van der Waals surface area (Å²) in [5.74, 6) is -2.02. The number of nitrogens with zero attached hydrogens (tertiary/aromatic N) is 1. The molecular formula is C7H11NO5. The largest absolute Gasteiger partial charge is 0.481 e. The van der Waals surface area contributed by atoms with E-state index >= 15 is 0 Å². The zero-order chi connectivity index (χ0) is 10.3. The summed E-state index contributed by atoms with van der Waals surface area (Å²) in [4.78, 5) is 30.3. The van der Waals surface area contributed by atoms with Gasteiger partial charge < -0.3 is 10.2 Å². The Morgan fingerprint density at radius 2 is 1.46 bits per heavy atom. The molecule has 0 saturated carbocycles. The summed E-state index contributed by atoms with van der Waals surface area (Å²) in [6.45, 7) is 0. The maximum atomic E-state index is 10.1. The molecule has 0 rings (SSSR count). The number of aliphatic carboxylic acids is 2. The van der Waals surface area contributed by atoms with Crippen molar-refractivity contribution >= 4 is 11.9 Å². The molecule has 0 spiro atoms. The van der Waals surface area contributed by atoms with Gasteiger partial charge in [0.1, 0.15) is 0 Å². The normalized spacial score (nSPS) is 9.92. The summed E-state index contributed by atoms with van der Waals surface area (Å²) in [6.07, 6.45) is -0.107. The number of carbonyl (C=O) groups is 2. The fourth-order valence-corrected chi connectivity index (χ4v) is 0.830. The van der Waals surface area contributed by atoms with Crippen LogP contribution >= 0.6 is 0 Å². The molecule has 0 atom stereocenters. The van der Waals surface area contributed by atoms with Crippen LogP contribution in [0.3, 0.4) is 0 Å². The highest BCUT2D eigenvalue weighted by molar-refractivity contribution is 5.67. The topological polar surface area (TPSA) is 104 Å². The summed E-state index contributed by atoms with van der Waals surface area (Å²) >= 11 is 0. The second kappa shape index (κ2) is 6.10. The van der Waals surface area contributed by atoms with Crippen LogP contribution in [0.1, 0.15) is 25.7 Å². The Hall–Kier alpha value is -1.46. The van der Waals surface area contributed by atoms with Gasteiger partial charge in [-0.25, -0.2) is 0 Å². The van der Waals surface area contributed by atoms with Gasteiger partial charge in [0, 0.05) is 12.8 Å². The number of carboxylic acid groups (broad SMARTS) is 2. The van der Waals surface area contributed by atoms with Gasteiger partial charge in [-0.1, -0.05) is 5.18 Å². The SMILES string of the molecule is O=NC(CCC(=O)O)CCC(=O)O. The van der Waals surface area contributed by atoms with Crippen molar-refractivity contribution in [2.45, 2.75) is 31.7 Å². The lowest BCUT2D eigenvalue weighted by Crippen LogP contribution is -2.09. The van der Waals surface area contributed by atoms with Gasteiger partial charge >= 0.3 is 11.9 Å². The van der Waals surface area contributed by atoms with Gasteiger partial charge in [0.2, 0.25) is 0 Å². The molecule has 0 aromatic rings. The van der Waals surface area contributed by atoms with E-state index in [1.54, 1.807) is 0 Å². The van der Waals surface area contributed by atoms with Crippen LogP contribution in [0, 0.1) is 4.91 Å². The van der Waals surface area contributed by atoms with Crippen molar-refractivity contribution in [2.75, 3.05) is 0 Å². The Balaban J connectivity index is 3.69. The third-order valence-electron chi connectivity index (χ3n) is 1.53. The summed E-state index contributed by atoms with van der Waals surface area (Å²) in [5, 5.41) is 19.2. The minimum absolute atomic E-state index is 0.103. The molecule has 2 N–H and O–H groups in total. The first-order valence-electron chi connectivity index (χ1n) is 3.82. The minimum Gasteiger partial charge on any atom is -0.481 e. The van der Waals surface area contributed by atoms with Gasteiger partial charge in [-0.2, -0.15) is 4.91 Å². The van der Waals surface area contributed by atoms with E-state index in [1.807, 2.05) is 0 Å². The summed E-state index contributed by atoms with van der Waals surface area (Å²) < 4.78 is 0. The van der Waals surface area contributed by atoms with E-state index in [2.05, 4.69) is 5.18 Å². The van der Waals surface area contributed by atoms with Crippen LogP contribution in [-0.4, -0.2) is 28.2 Å². The Labute approximate surface area is 74.5 Å². The van der Waals surface area contributed by atoms with Crippen LogP contribution in [0.2, 0.25) is 0 Å². The van der Waals surface area contributed by atoms with E-state index in [9.17, 15) is 14.5 Å². The Bertz CT molecular complexity index is 185. The van der Waals surface area contributed by atoms with E-state index in [1.165, 1.54) is 0 Å². The lowest BCUT2D eigenvalue weighted by molar-refractivity contribution is -0.137. The van der Waals surface area contributed by atoms with Crippen molar-refractivity contribution in [1.29, 1.82) is 0 Å². The number of rotatable bonds is 7. The second-order valence-electron chi connectivity index (χ2n) is 2.62. The second-order valence-corrected chi connectivity index (χ2v) is 2.62. The highest BCUT2D eigenvalue weighted by Gasteiger charge is 2.12. The van der Waals surface area contributed by atoms with Crippen molar-refractivity contribution in [3.8, 4) is 0 Å². The molecule has 0 unspecified atom stereocenters. The fourth-order valence-electron chi connectivity index (χ4n) is 0.830. The molecule has 74 valence electrons. The number of hydrogen-bond acceptors (Lipinski definition) is 4. The molecule has 0 bridgehead atoms. The molecule has 0 aliphatic carbocycles. The molecule has 13 heavy (non-hydrogen) atoms. The predicted octanol–water partition coefficient (Wildman–Crippen LogP) is 0.851. The van der Waals surface area contributed by atoms with E-state index in [-0.39, 0.29) is 25.7 Å². The van der Waals surface area contributed by atoms with Crippen LogP contribution in [0.4, 0.5) is 0 Å². The maximum absolute atomic E-state index is 10.1. The third-order valence-corrected chi connectivity index (χ3v) is 1.53. The summed E-state index contributed by atoms with van der Waals surface area (Å²) in [6, 6.07) is -0.702. The first-order chi connectivity index (χ1) is 6.06. The molecular weight excluding hydrogens is 178 g/mol. The quantitative estimate of drug-likeness (QED) is 0.577. The molecule has 0 amide bonds. The number of carboxylic acids is 2. The van der Waals surface area contributed by atoms with Gasteiger partial charge in [-0.3, -0.25) is 9.59 Å². The number of hydrogen-bond donors (Lipinski definition) is 2. The van der Waals surface area contributed by atoms with Gasteiger partial charge in [0.25, 0.3) is 0 Å². The van der Waals surface area contributed by atoms with Crippen molar-refractivity contribution in [3.05, 3.63) is 4.91 Å². The van der Waals surface area contributed by atoms with Gasteiger partial charge in [0.05, 0.1) is 6.04 Å². The van der Waals surface area contributed by atoms with E-state index in [0.29, 0.717) is 0 Å². The lowest BCUT2D eigenvalue weighted by atomic mass is 10.1. The fraction of sp³-hybridized carbons (Fsp3) is 0.714. The molecule has 6 nitrogen and oxygen atoms in total. The molecule has 0 aliphatic heterocycles. The average molecular weight is 189 g/mol. The molecule has 0 fully saturated rings. The van der Waals surface area contributed by atoms with Gasteiger partial charge in [-0.15, -0.1) is 0 Å². The standard InChI is InChI=1S/C7H11NO5/c9-6(10)3-1-5(8-13)2-4-7(11)12/h5H,1-4H2,(H,9,10)(H,11,12). The van der Waals surface area contributed by atoms with E-state index in [4.69, 9.17) is 10.2 Å². The third kappa shape index (κ3) is 6.92. The van der Waals surface area contributed by atoms with Crippen LogP contribution in [0.25, 0.3) is 0 Å². The van der Waals surface area contributed by atoms with E-state index in [0.717, 1.165) is 0 Å². The van der Waals surface area contributed by atoms with Gasteiger partial charge in [0.15, 0.2) is 0 Å². The highest BCUT2D eigenvalue weighted by atomic mass is 16.4. The first-order valence-corrected chi connectivity index (χ1v) is 3.82. The molecule has 0 saturated heterocycles. The van der Waals surface area contributed by atoms with Crippen LogP contribution in [0.5, 0.6) is 0 Å². The van der Waals surface area contributed by atoms with Crippen molar-refractivity contribution in [2.24, 2.45) is 5.18 Å². The van der Waals surface area contributed by atoms with Crippen LogP contribution in [-0.2, 0) is 9.59 Å². The molecule has 6 heteroatoms.